The summed E-state index contributed by atoms with van der Waals surface area (Å²) >= 11 is 5.80. The molecule has 0 unspecified atom stereocenters. The Balaban J connectivity index is 0.00000144. The van der Waals surface area contributed by atoms with Crippen LogP contribution in [0.25, 0.3) is 0 Å². The highest BCUT2D eigenvalue weighted by molar-refractivity contribution is 8.93. The first kappa shape index (κ1) is 14.5. The molecule has 0 aromatic heterocycles. The monoisotopic (exact) mass is 319 g/mol. The number of aliphatic carboxylic acids is 1. The maximum atomic E-state index is 10.8. The molecule has 2 atom stereocenters. The fourth-order valence-corrected chi connectivity index (χ4v) is 2.23. The molecule has 1 aromatic rings. The zero-order chi connectivity index (χ0) is 11.5. The molecule has 0 radical (unpaired) electrons. The predicted octanol–water partition coefficient (Wildman–Crippen LogP) is 2.52. The van der Waals surface area contributed by atoms with Crippen molar-refractivity contribution in [1.82, 2.24) is 5.32 Å². The molecule has 1 aromatic carbocycles. The van der Waals surface area contributed by atoms with E-state index in [1.54, 1.807) is 0 Å². The van der Waals surface area contributed by atoms with Crippen LogP contribution < -0.4 is 5.32 Å². The van der Waals surface area contributed by atoms with Crippen LogP contribution in [0.1, 0.15) is 12.0 Å². The summed E-state index contributed by atoms with van der Waals surface area (Å²) in [7, 11) is 0. The van der Waals surface area contributed by atoms with Gasteiger partial charge in [0.1, 0.15) is 6.04 Å². The lowest BCUT2D eigenvalue weighted by Gasteiger charge is -2.08. The number of nitrogens with one attached hydrogen (secondary N) is 1. The normalized spacial score (nSPS) is 23.1. The largest absolute Gasteiger partial charge is 0.480 e. The summed E-state index contributed by atoms with van der Waals surface area (Å²) in [6.45, 7) is 0.777. The molecule has 1 fully saturated rings. The van der Waals surface area contributed by atoms with Crippen molar-refractivity contribution in [2.45, 2.75) is 18.9 Å². The van der Waals surface area contributed by atoms with Crippen molar-refractivity contribution in [2.75, 3.05) is 6.54 Å². The minimum Gasteiger partial charge on any atom is -0.480 e. The number of halogens is 2. The van der Waals surface area contributed by atoms with Crippen LogP contribution in [0, 0.1) is 5.92 Å². The maximum absolute atomic E-state index is 10.8. The highest BCUT2D eigenvalue weighted by Crippen LogP contribution is 2.20. The van der Waals surface area contributed by atoms with Crippen LogP contribution in [0.4, 0.5) is 0 Å². The van der Waals surface area contributed by atoms with Gasteiger partial charge in [0.25, 0.3) is 0 Å². The molecule has 1 saturated heterocycles. The third-order valence-electron chi connectivity index (χ3n) is 2.96. The molecule has 0 spiro atoms. The van der Waals surface area contributed by atoms with Crippen molar-refractivity contribution in [1.29, 1.82) is 0 Å². The Morgan fingerprint density at radius 2 is 2.06 bits per heavy atom. The van der Waals surface area contributed by atoms with Crippen molar-refractivity contribution in [3.63, 3.8) is 0 Å². The molecule has 1 aliphatic heterocycles. The van der Waals surface area contributed by atoms with Gasteiger partial charge >= 0.3 is 5.97 Å². The van der Waals surface area contributed by atoms with Crippen LogP contribution in [0.15, 0.2) is 24.3 Å². The van der Waals surface area contributed by atoms with Gasteiger partial charge in [0.05, 0.1) is 0 Å². The molecule has 5 heteroatoms. The van der Waals surface area contributed by atoms with E-state index in [4.69, 9.17) is 16.7 Å². The summed E-state index contributed by atoms with van der Waals surface area (Å²) in [5.41, 5.74) is 1.21. The van der Waals surface area contributed by atoms with Crippen LogP contribution in [0.2, 0.25) is 5.02 Å². The van der Waals surface area contributed by atoms with E-state index in [9.17, 15) is 4.79 Å². The Labute approximate surface area is 116 Å². The van der Waals surface area contributed by atoms with E-state index in [2.05, 4.69) is 5.32 Å². The number of rotatable bonds is 3. The van der Waals surface area contributed by atoms with Gasteiger partial charge in [0.15, 0.2) is 0 Å². The third-order valence-corrected chi connectivity index (χ3v) is 3.21. The molecule has 0 saturated carbocycles. The number of benzene rings is 1. The summed E-state index contributed by atoms with van der Waals surface area (Å²) in [5.74, 6) is -0.346. The van der Waals surface area contributed by atoms with Crippen molar-refractivity contribution in [3.05, 3.63) is 34.9 Å². The number of carboxylic acid groups (broad SMARTS) is 1. The maximum Gasteiger partial charge on any atom is 0.320 e. The van der Waals surface area contributed by atoms with Gasteiger partial charge in [-0.05, 0) is 43.0 Å². The lowest BCUT2D eigenvalue weighted by molar-refractivity contribution is -0.139. The van der Waals surface area contributed by atoms with Gasteiger partial charge in [-0.1, -0.05) is 23.7 Å². The molecule has 2 N–H and O–H groups in total. The van der Waals surface area contributed by atoms with Crippen molar-refractivity contribution in [2.24, 2.45) is 5.92 Å². The molecule has 2 rings (SSSR count). The van der Waals surface area contributed by atoms with Crippen molar-refractivity contribution < 1.29 is 9.90 Å². The molecule has 3 nitrogen and oxygen atoms in total. The number of hydrogen-bond donors (Lipinski definition) is 2. The topological polar surface area (TPSA) is 49.3 Å². The van der Waals surface area contributed by atoms with Gasteiger partial charge in [-0.3, -0.25) is 4.79 Å². The number of hydrogen-bond acceptors (Lipinski definition) is 2. The minimum atomic E-state index is -0.751. The van der Waals surface area contributed by atoms with Gasteiger partial charge in [0, 0.05) is 5.02 Å². The summed E-state index contributed by atoms with van der Waals surface area (Å²) < 4.78 is 0. The first-order valence-corrected chi connectivity index (χ1v) is 5.73. The van der Waals surface area contributed by atoms with Crippen LogP contribution in [0.5, 0.6) is 0 Å². The fraction of sp³-hybridized carbons (Fsp3) is 0.417. The molecule has 0 bridgehead atoms. The van der Waals surface area contributed by atoms with Crippen molar-refractivity contribution >= 4 is 34.6 Å². The Bertz CT molecular complexity index is 383. The van der Waals surface area contributed by atoms with Gasteiger partial charge < -0.3 is 10.4 Å². The third kappa shape index (κ3) is 3.98. The molecular formula is C12H15BrClNO2. The molecule has 0 aliphatic carbocycles. The molecule has 0 amide bonds. The zero-order valence-electron chi connectivity index (χ0n) is 9.23. The lowest BCUT2D eigenvalue weighted by atomic mass is 9.97. The average molecular weight is 321 g/mol. The van der Waals surface area contributed by atoms with E-state index < -0.39 is 5.97 Å². The molecular weight excluding hydrogens is 305 g/mol. The number of carbonyl (C=O) groups is 1. The zero-order valence-corrected chi connectivity index (χ0v) is 11.7. The molecule has 17 heavy (non-hydrogen) atoms. The fourth-order valence-electron chi connectivity index (χ4n) is 2.11. The van der Waals surface area contributed by atoms with Crippen LogP contribution >= 0.6 is 28.6 Å². The van der Waals surface area contributed by atoms with E-state index in [1.165, 1.54) is 5.56 Å². The molecule has 1 aliphatic rings. The first-order chi connectivity index (χ1) is 7.65. The Kier molecular flexibility index (Phi) is 5.43. The highest BCUT2D eigenvalue weighted by Gasteiger charge is 2.28. The van der Waals surface area contributed by atoms with E-state index in [-0.39, 0.29) is 23.0 Å². The SMILES string of the molecule is Br.O=C(O)[C@@H]1C[C@H](Cc2ccc(Cl)cc2)CN1. The quantitative estimate of drug-likeness (QED) is 0.900. The van der Waals surface area contributed by atoms with Crippen LogP contribution in [-0.4, -0.2) is 23.7 Å². The van der Waals surface area contributed by atoms with E-state index in [0.29, 0.717) is 12.3 Å². The summed E-state index contributed by atoms with van der Waals surface area (Å²) in [4.78, 5) is 10.8. The Hall–Kier alpha value is -0.580. The van der Waals surface area contributed by atoms with Gasteiger partial charge in [0.2, 0.25) is 0 Å². The lowest BCUT2D eigenvalue weighted by Crippen LogP contribution is -2.29. The van der Waals surface area contributed by atoms with Crippen LogP contribution in [0.3, 0.4) is 0 Å². The molecule has 1 heterocycles. The number of carboxylic acids is 1. The standard InChI is InChI=1S/C12H14ClNO2.BrH/c13-10-3-1-8(2-4-10)5-9-6-11(12(15)16)14-7-9;/h1-4,9,11,14H,5-7H2,(H,15,16);1H/t9-,11-;/m0./s1. The second kappa shape index (κ2) is 6.38. The predicted molar refractivity (Wildman–Crippen MR) is 73.0 cm³/mol. The van der Waals surface area contributed by atoms with Gasteiger partial charge in [-0.25, -0.2) is 0 Å². The highest BCUT2D eigenvalue weighted by atomic mass is 79.9. The van der Waals surface area contributed by atoms with E-state index in [0.717, 1.165) is 18.0 Å². The Morgan fingerprint density at radius 1 is 1.41 bits per heavy atom. The summed E-state index contributed by atoms with van der Waals surface area (Å²) in [6, 6.07) is 7.35. The van der Waals surface area contributed by atoms with Gasteiger partial charge in [-0.2, -0.15) is 0 Å². The second-order valence-electron chi connectivity index (χ2n) is 4.23. The smallest absolute Gasteiger partial charge is 0.320 e. The second-order valence-corrected chi connectivity index (χ2v) is 4.67. The summed E-state index contributed by atoms with van der Waals surface area (Å²) in [6.07, 6.45) is 1.62. The van der Waals surface area contributed by atoms with E-state index in [1.807, 2.05) is 24.3 Å². The average Bonchev–Trinajstić information content (AvgIpc) is 2.70. The van der Waals surface area contributed by atoms with E-state index >= 15 is 0 Å². The van der Waals surface area contributed by atoms with Crippen LogP contribution in [-0.2, 0) is 11.2 Å². The first-order valence-electron chi connectivity index (χ1n) is 5.36. The van der Waals surface area contributed by atoms with Gasteiger partial charge in [-0.15, -0.1) is 17.0 Å². The summed E-state index contributed by atoms with van der Waals surface area (Å²) in [5, 5.41) is 12.6. The van der Waals surface area contributed by atoms with Crippen molar-refractivity contribution in [3.8, 4) is 0 Å². The minimum absolute atomic E-state index is 0. The molecule has 94 valence electrons. The Morgan fingerprint density at radius 3 is 2.59 bits per heavy atom.